The normalized spacial score (nSPS) is 11.2. The number of carbonyl (C=O) groups is 1. The maximum Gasteiger partial charge on any atom is 0.266 e. The molecule has 22 heavy (non-hydrogen) atoms. The van der Waals surface area contributed by atoms with Crippen LogP contribution in [-0.4, -0.2) is 14.3 Å². The number of halogens is 2. The van der Waals surface area contributed by atoms with E-state index in [1.807, 2.05) is 0 Å². The second-order valence-electron chi connectivity index (χ2n) is 4.48. The molecule has 0 aliphatic carbocycles. The SMILES string of the molecule is Cc1ccc(Br)cc1S(=O)(=O)NNC(=O)c1ccc(Cl)cc1. The van der Waals surface area contributed by atoms with Crippen molar-refractivity contribution in [3.05, 3.63) is 63.1 Å². The van der Waals surface area contributed by atoms with Crippen molar-refractivity contribution in [1.82, 2.24) is 10.3 Å². The van der Waals surface area contributed by atoms with Crippen LogP contribution in [0.2, 0.25) is 5.02 Å². The van der Waals surface area contributed by atoms with Gasteiger partial charge in [-0.3, -0.25) is 10.2 Å². The van der Waals surface area contributed by atoms with Crippen molar-refractivity contribution in [2.24, 2.45) is 0 Å². The fourth-order valence-corrected chi connectivity index (χ4v) is 3.46. The number of amides is 1. The van der Waals surface area contributed by atoms with E-state index in [0.29, 0.717) is 15.1 Å². The molecule has 5 nitrogen and oxygen atoms in total. The topological polar surface area (TPSA) is 75.3 Å². The van der Waals surface area contributed by atoms with Crippen molar-refractivity contribution in [1.29, 1.82) is 0 Å². The average Bonchev–Trinajstić information content (AvgIpc) is 2.48. The van der Waals surface area contributed by atoms with Crippen LogP contribution in [0.4, 0.5) is 0 Å². The Labute approximate surface area is 141 Å². The number of hydrogen-bond acceptors (Lipinski definition) is 3. The van der Waals surface area contributed by atoms with E-state index in [1.165, 1.54) is 18.2 Å². The largest absolute Gasteiger partial charge is 0.273 e. The number of hydrogen-bond donors (Lipinski definition) is 2. The summed E-state index contributed by atoms with van der Waals surface area (Å²) in [5, 5.41) is 0.488. The van der Waals surface area contributed by atoms with E-state index in [2.05, 4.69) is 26.2 Å². The van der Waals surface area contributed by atoms with Gasteiger partial charge in [0.2, 0.25) is 0 Å². The third kappa shape index (κ3) is 4.07. The molecule has 0 spiro atoms. The molecule has 2 aromatic carbocycles. The second kappa shape index (κ2) is 6.78. The van der Waals surface area contributed by atoms with Gasteiger partial charge in [0, 0.05) is 15.1 Å². The monoisotopic (exact) mass is 402 g/mol. The summed E-state index contributed by atoms with van der Waals surface area (Å²) in [7, 11) is -3.86. The van der Waals surface area contributed by atoms with Crippen molar-refractivity contribution in [2.45, 2.75) is 11.8 Å². The fourth-order valence-electron chi connectivity index (χ4n) is 1.71. The summed E-state index contributed by atoms with van der Waals surface area (Å²) in [6.45, 7) is 1.67. The minimum Gasteiger partial charge on any atom is -0.273 e. The average molecular weight is 404 g/mol. The molecule has 2 aromatic rings. The molecule has 0 bridgehead atoms. The molecular formula is C14H12BrClN2O3S. The number of sulfonamides is 1. The molecule has 1 amide bonds. The van der Waals surface area contributed by atoms with E-state index in [9.17, 15) is 13.2 Å². The molecule has 0 aliphatic heterocycles. The zero-order valence-electron chi connectivity index (χ0n) is 11.4. The summed E-state index contributed by atoms with van der Waals surface area (Å²) in [5.41, 5.74) is 3.02. The van der Waals surface area contributed by atoms with Gasteiger partial charge in [-0.1, -0.05) is 33.6 Å². The zero-order chi connectivity index (χ0) is 16.3. The molecule has 2 rings (SSSR count). The van der Waals surface area contributed by atoms with Gasteiger partial charge in [-0.2, -0.15) is 0 Å². The summed E-state index contributed by atoms with van der Waals surface area (Å²) in [6.07, 6.45) is 0. The summed E-state index contributed by atoms with van der Waals surface area (Å²) in [4.78, 5) is 14.1. The van der Waals surface area contributed by atoms with Gasteiger partial charge in [0.15, 0.2) is 0 Å². The standard InChI is InChI=1S/C14H12BrClN2O3S/c1-9-2-5-11(15)8-13(9)22(20,21)18-17-14(19)10-3-6-12(16)7-4-10/h2-8,18H,1H3,(H,17,19). The Morgan fingerprint density at radius 1 is 1.14 bits per heavy atom. The quantitative estimate of drug-likeness (QED) is 0.771. The van der Waals surface area contributed by atoms with E-state index in [1.54, 1.807) is 31.2 Å². The van der Waals surface area contributed by atoms with Crippen LogP contribution in [0, 0.1) is 6.92 Å². The minimum atomic E-state index is -3.86. The lowest BCUT2D eigenvalue weighted by atomic mass is 10.2. The van der Waals surface area contributed by atoms with Crippen molar-refractivity contribution in [3.63, 3.8) is 0 Å². The number of rotatable bonds is 4. The summed E-state index contributed by atoms with van der Waals surface area (Å²) < 4.78 is 25.1. The molecule has 0 saturated heterocycles. The van der Waals surface area contributed by atoms with Gasteiger partial charge in [-0.15, -0.1) is 4.83 Å². The van der Waals surface area contributed by atoms with Crippen LogP contribution in [0.5, 0.6) is 0 Å². The molecule has 8 heteroatoms. The summed E-state index contributed by atoms with van der Waals surface area (Å²) in [6, 6.07) is 11.0. The van der Waals surface area contributed by atoms with Crippen molar-refractivity contribution >= 4 is 43.5 Å². The number of aryl methyl sites for hydroxylation is 1. The predicted octanol–water partition coefficient (Wildman–Crippen LogP) is 3.03. The number of nitrogens with one attached hydrogen (secondary N) is 2. The van der Waals surface area contributed by atoms with Gasteiger partial charge in [-0.25, -0.2) is 8.42 Å². The lowest BCUT2D eigenvalue weighted by Crippen LogP contribution is -2.41. The number of hydrazine groups is 1. The molecule has 0 radical (unpaired) electrons. The van der Waals surface area contributed by atoms with E-state index < -0.39 is 15.9 Å². The van der Waals surface area contributed by atoms with Crippen LogP contribution >= 0.6 is 27.5 Å². The van der Waals surface area contributed by atoms with Crippen LogP contribution in [0.25, 0.3) is 0 Å². The predicted molar refractivity (Wildman–Crippen MR) is 88.1 cm³/mol. The third-order valence-electron chi connectivity index (χ3n) is 2.85. The lowest BCUT2D eigenvalue weighted by Gasteiger charge is -2.11. The first kappa shape index (κ1) is 17.0. The Morgan fingerprint density at radius 3 is 2.41 bits per heavy atom. The molecule has 0 fully saturated rings. The molecular weight excluding hydrogens is 392 g/mol. The van der Waals surface area contributed by atoms with E-state index in [4.69, 9.17) is 11.6 Å². The Morgan fingerprint density at radius 2 is 1.77 bits per heavy atom. The van der Waals surface area contributed by atoms with Gasteiger partial charge in [0.25, 0.3) is 15.9 Å². The molecule has 0 unspecified atom stereocenters. The highest BCUT2D eigenvalue weighted by molar-refractivity contribution is 9.10. The summed E-state index contributed by atoms with van der Waals surface area (Å²) >= 11 is 8.95. The van der Waals surface area contributed by atoms with Crippen molar-refractivity contribution < 1.29 is 13.2 Å². The van der Waals surface area contributed by atoms with Crippen LogP contribution in [0.1, 0.15) is 15.9 Å². The van der Waals surface area contributed by atoms with Crippen LogP contribution in [0.3, 0.4) is 0 Å². The fraction of sp³-hybridized carbons (Fsp3) is 0.0714. The molecule has 2 N–H and O–H groups in total. The molecule has 0 heterocycles. The third-order valence-corrected chi connectivity index (χ3v) is 4.98. The molecule has 0 saturated carbocycles. The highest BCUT2D eigenvalue weighted by atomic mass is 79.9. The molecule has 0 aromatic heterocycles. The van der Waals surface area contributed by atoms with E-state index >= 15 is 0 Å². The Balaban J connectivity index is 2.14. The van der Waals surface area contributed by atoms with Crippen molar-refractivity contribution in [2.75, 3.05) is 0 Å². The first-order valence-electron chi connectivity index (χ1n) is 6.13. The van der Waals surface area contributed by atoms with Gasteiger partial charge >= 0.3 is 0 Å². The minimum absolute atomic E-state index is 0.0817. The highest BCUT2D eigenvalue weighted by Crippen LogP contribution is 2.20. The van der Waals surface area contributed by atoms with Crippen molar-refractivity contribution in [3.8, 4) is 0 Å². The molecule has 0 atom stereocenters. The van der Waals surface area contributed by atoms with Crippen LogP contribution in [-0.2, 0) is 10.0 Å². The Hall–Kier alpha value is -1.41. The Bertz CT molecular complexity index is 807. The van der Waals surface area contributed by atoms with Gasteiger partial charge in [0.05, 0.1) is 4.90 Å². The summed E-state index contributed by atoms with van der Waals surface area (Å²) in [5.74, 6) is -0.576. The maximum atomic E-state index is 12.2. The van der Waals surface area contributed by atoms with E-state index in [-0.39, 0.29) is 10.5 Å². The second-order valence-corrected chi connectivity index (χ2v) is 7.48. The Kier molecular flexibility index (Phi) is 5.23. The number of carbonyl (C=O) groups excluding carboxylic acids is 1. The lowest BCUT2D eigenvalue weighted by molar-refractivity contribution is 0.0945. The first-order valence-corrected chi connectivity index (χ1v) is 8.79. The number of benzene rings is 2. The maximum absolute atomic E-state index is 12.2. The highest BCUT2D eigenvalue weighted by Gasteiger charge is 2.18. The van der Waals surface area contributed by atoms with Gasteiger partial charge < -0.3 is 0 Å². The van der Waals surface area contributed by atoms with Crippen LogP contribution in [0.15, 0.2) is 51.8 Å². The van der Waals surface area contributed by atoms with Gasteiger partial charge in [0.1, 0.15) is 0 Å². The zero-order valence-corrected chi connectivity index (χ0v) is 14.6. The van der Waals surface area contributed by atoms with Crippen LogP contribution < -0.4 is 10.3 Å². The smallest absolute Gasteiger partial charge is 0.266 e. The molecule has 116 valence electrons. The first-order chi connectivity index (χ1) is 10.3. The molecule has 0 aliphatic rings. The van der Waals surface area contributed by atoms with E-state index in [0.717, 1.165) is 0 Å². The van der Waals surface area contributed by atoms with Gasteiger partial charge in [-0.05, 0) is 48.9 Å².